The van der Waals surface area contributed by atoms with Crippen LogP contribution in [-0.2, 0) is 20.6 Å². The van der Waals surface area contributed by atoms with Crippen LogP contribution >= 0.6 is 0 Å². The molecule has 0 unspecified atom stereocenters. The zero-order chi connectivity index (χ0) is 32.5. The van der Waals surface area contributed by atoms with E-state index in [9.17, 15) is 29.7 Å². The van der Waals surface area contributed by atoms with Crippen LogP contribution in [0.4, 0.5) is 10.5 Å². The van der Waals surface area contributed by atoms with Gasteiger partial charge in [0.2, 0.25) is 11.7 Å². The Balaban J connectivity index is 0.00000552. The molecule has 2 heterocycles. The molecule has 0 aliphatic carbocycles. The molecule has 1 aromatic heterocycles. The molecular formula is C31H35N2NaO11. The number of phenolic OH excluding ortho intramolecular Hbond substituents is 1. The van der Waals surface area contributed by atoms with Crippen LogP contribution in [-0.4, -0.2) is 59.5 Å². The van der Waals surface area contributed by atoms with E-state index in [1.54, 1.807) is 13.8 Å². The number of aromatic hydroxyl groups is 1. The van der Waals surface area contributed by atoms with E-state index in [2.05, 4.69) is 5.32 Å². The van der Waals surface area contributed by atoms with Crippen molar-refractivity contribution < 1.29 is 77.8 Å². The molecule has 0 bridgehead atoms. The van der Waals surface area contributed by atoms with Crippen molar-refractivity contribution in [1.82, 2.24) is 0 Å². The van der Waals surface area contributed by atoms with Gasteiger partial charge in [-0.05, 0) is 76.9 Å². The number of nitrogens with one attached hydrogen (secondary N) is 1. The van der Waals surface area contributed by atoms with Crippen molar-refractivity contribution in [3.8, 4) is 17.4 Å². The maximum absolute atomic E-state index is 13.3. The fourth-order valence-corrected chi connectivity index (χ4v) is 5.05. The fourth-order valence-electron chi connectivity index (χ4n) is 5.05. The van der Waals surface area contributed by atoms with Crippen LogP contribution in [0.25, 0.3) is 11.0 Å². The number of anilines is 1. The number of hydrogen-bond donors (Lipinski definition) is 4. The third-order valence-corrected chi connectivity index (χ3v) is 7.31. The van der Waals surface area contributed by atoms with Gasteiger partial charge in [-0.1, -0.05) is 11.6 Å². The van der Waals surface area contributed by atoms with Gasteiger partial charge in [-0.25, -0.2) is 4.79 Å². The number of aliphatic hydroxyl groups is 1. The summed E-state index contributed by atoms with van der Waals surface area (Å²) in [6.45, 7) is 8.63. The molecule has 4 rings (SSSR count). The van der Waals surface area contributed by atoms with E-state index in [0.717, 1.165) is 5.57 Å². The molecule has 45 heavy (non-hydrogen) atoms. The van der Waals surface area contributed by atoms with Crippen molar-refractivity contribution in [3.05, 3.63) is 68.9 Å². The van der Waals surface area contributed by atoms with Gasteiger partial charge in [0.15, 0.2) is 12.2 Å². The number of primary amides is 1. The molecule has 0 spiro atoms. The summed E-state index contributed by atoms with van der Waals surface area (Å²) in [6, 6.07) is 6.96. The molecule has 1 fully saturated rings. The van der Waals surface area contributed by atoms with E-state index >= 15 is 0 Å². The van der Waals surface area contributed by atoms with E-state index in [4.69, 9.17) is 29.1 Å². The number of carbonyl (C=O) groups is 2. The molecule has 2 amide bonds. The first kappa shape index (κ1) is 35.9. The number of aryl methyl sites for hydroxylation is 1. The topological polar surface area (TPSA) is 203 Å². The quantitative estimate of drug-likeness (QED) is 0.192. The molecule has 1 saturated heterocycles. The number of allylic oxidation sites excluding steroid dienone is 2. The number of hydrogen-bond acceptors (Lipinski definition) is 11. The molecule has 1 aliphatic heterocycles. The summed E-state index contributed by atoms with van der Waals surface area (Å²) in [5, 5.41) is 36.3. The Hall–Kier alpha value is -3.59. The number of nitrogens with two attached hydrogens (primary N) is 1. The number of ether oxygens (including phenoxy) is 4. The Kier molecular flexibility index (Phi) is 11.3. The molecule has 1 aliphatic rings. The predicted octanol–water partition coefficient (Wildman–Crippen LogP) is -0.000880. The summed E-state index contributed by atoms with van der Waals surface area (Å²) >= 11 is 0. The van der Waals surface area contributed by atoms with Crippen molar-refractivity contribution in [1.29, 1.82) is 0 Å². The number of phenols is 1. The van der Waals surface area contributed by atoms with Gasteiger partial charge in [-0.15, -0.1) is 0 Å². The van der Waals surface area contributed by atoms with Crippen LogP contribution in [0.5, 0.6) is 17.4 Å². The largest absolute Gasteiger partial charge is 1.00 e. The van der Waals surface area contributed by atoms with E-state index in [-0.39, 0.29) is 63.2 Å². The number of rotatable bonds is 8. The zero-order valence-corrected chi connectivity index (χ0v) is 28.1. The first-order valence-electron chi connectivity index (χ1n) is 13.7. The van der Waals surface area contributed by atoms with Gasteiger partial charge >= 0.3 is 35.7 Å². The van der Waals surface area contributed by atoms with Gasteiger partial charge in [0.25, 0.3) is 5.91 Å². The molecule has 0 saturated carbocycles. The monoisotopic (exact) mass is 634 g/mol. The van der Waals surface area contributed by atoms with Crippen molar-refractivity contribution in [2.75, 3.05) is 12.4 Å². The third kappa shape index (κ3) is 7.63. The molecule has 3 aromatic rings. The molecular weight excluding hydrogens is 599 g/mol. The number of benzene rings is 2. The first-order chi connectivity index (χ1) is 20.6. The second kappa shape index (κ2) is 14.2. The summed E-state index contributed by atoms with van der Waals surface area (Å²) in [6.07, 6.45) is -3.88. The SMILES string of the molecule is CO[C@@H]1[C@@H](OC(N)=O)[C@@H](O)[C@@H](Oc2ccc3c(=O)c(NC(=O)c4ccc(O)c(CC=C(C)C)c4)c([O-])oc3c2C)OC1(C)C.[Na+]. The van der Waals surface area contributed by atoms with Crippen molar-refractivity contribution in [2.24, 2.45) is 5.73 Å². The molecule has 236 valence electrons. The van der Waals surface area contributed by atoms with Crippen molar-refractivity contribution in [2.45, 2.75) is 71.2 Å². The maximum Gasteiger partial charge on any atom is 1.00 e. The second-order valence-electron chi connectivity index (χ2n) is 11.2. The fraction of sp³-hybridized carbons (Fsp3) is 0.387. The third-order valence-electron chi connectivity index (χ3n) is 7.31. The molecule has 14 heteroatoms. The van der Waals surface area contributed by atoms with Crippen LogP contribution in [0.1, 0.15) is 49.2 Å². The Morgan fingerprint density at radius 2 is 1.89 bits per heavy atom. The first-order valence-corrected chi connectivity index (χ1v) is 13.7. The summed E-state index contributed by atoms with van der Waals surface area (Å²) in [7, 11) is 1.36. The number of methoxy groups -OCH3 is 1. The summed E-state index contributed by atoms with van der Waals surface area (Å²) in [5.41, 5.74) is 4.50. The van der Waals surface area contributed by atoms with E-state index < -0.39 is 59.3 Å². The number of aliphatic hydroxyl groups excluding tert-OH is 1. The minimum absolute atomic E-state index is 0. The minimum atomic E-state index is -1.53. The van der Waals surface area contributed by atoms with Gasteiger partial charge in [-0.3, -0.25) is 9.59 Å². The molecule has 13 nitrogen and oxygen atoms in total. The smallest absolute Gasteiger partial charge is 0.577 e. The summed E-state index contributed by atoms with van der Waals surface area (Å²) in [5.74, 6) is -1.73. The average molecular weight is 635 g/mol. The van der Waals surface area contributed by atoms with Gasteiger partial charge in [-0.2, -0.15) is 0 Å². The molecule has 4 atom stereocenters. The second-order valence-corrected chi connectivity index (χ2v) is 11.2. The van der Waals surface area contributed by atoms with Crippen LogP contribution < -0.4 is 55.9 Å². The van der Waals surface area contributed by atoms with E-state index in [1.807, 2.05) is 19.9 Å². The van der Waals surface area contributed by atoms with Gasteiger partial charge < -0.3 is 49.7 Å². The number of amides is 2. The van der Waals surface area contributed by atoms with E-state index in [1.165, 1.54) is 44.4 Å². The predicted molar refractivity (Wildman–Crippen MR) is 157 cm³/mol. The Morgan fingerprint density at radius 3 is 2.51 bits per heavy atom. The van der Waals surface area contributed by atoms with Gasteiger partial charge in [0.1, 0.15) is 23.3 Å². The summed E-state index contributed by atoms with van der Waals surface area (Å²) < 4.78 is 27.8. The van der Waals surface area contributed by atoms with Crippen molar-refractivity contribution in [3.63, 3.8) is 0 Å². The van der Waals surface area contributed by atoms with Crippen LogP contribution in [0.15, 0.2) is 51.2 Å². The minimum Gasteiger partial charge on any atom is -0.577 e. The van der Waals surface area contributed by atoms with Crippen LogP contribution in [0.3, 0.4) is 0 Å². The number of fused-ring (bicyclic) bond motifs is 1. The Bertz CT molecular complexity index is 1680. The van der Waals surface area contributed by atoms with Gasteiger partial charge in [0.05, 0.1) is 11.5 Å². The van der Waals surface area contributed by atoms with E-state index in [0.29, 0.717) is 12.0 Å². The normalized spacial score (nSPS) is 20.5. The maximum atomic E-state index is 13.3. The van der Waals surface area contributed by atoms with Crippen LogP contribution in [0, 0.1) is 6.92 Å². The average Bonchev–Trinajstić information content (AvgIpc) is 2.94. The number of carbonyl (C=O) groups excluding carboxylic acids is 2. The molecule has 5 N–H and O–H groups in total. The zero-order valence-electron chi connectivity index (χ0n) is 26.1. The Morgan fingerprint density at radius 1 is 1.20 bits per heavy atom. The standard InChI is InChI=1S/C31H36N2O11.Na/c1-14(2)7-8-16-13-17(9-11-19(16)34)27(37)33-21-22(35)18-10-12-20(15(3)24(18)42-28(21)38)41-29-23(36)25(43-30(32)39)26(40-6)31(4,5)44-29;/h7,9-13,23,25-26,29,34,36,38H,8H2,1-6H3,(H2,32,39)(H,33,37);/q;+1/p-1/t23-,25+,26-,29+;/m1./s1. The van der Waals surface area contributed by atoms with Crippen LogP contribution in [0.2, 0.25) is 0 Å². The Labute approximate surface area is 281 Å². The summed E-state index contributed by atoms with van der Waals surface area (Å²) in [4.78, 5) is 37.8. The van der Waals surface area contributed by atoms with Gasteiger partial charge in [0, 0.05) is 29.2 Å². The molecule has 2 aromatic carbocycles. The van der Waals surface area contributed by atoms with Crippen molar-refractivity contribution >= 4 is 28.7 Å². The molecule has 0 radical (unpaired) electrons.